The molecule has 112 valence electrons. The van der Waals surface area contributed by atoms with Gasteiger partial charge in [-0.05, 0) is 48.8 Å². The van der Waals surface area contributed by atoms with Crippen LogP contribution in [0.2, 0.25) is 0 Å². The summed E-state index contributed by atoms with van der Waals surface area (Å²) in [5, 5.41) is 3.75. The van der Waals surface area contributed by atoms with Crippen molar-refractivity contribution in [1.82, 2.24) is 5.32 Å². The van der Waals surface area contributed by atoms with Crippen LogP contribution in [0.3, 0.4) is 0 Å². The molecule has 1 aromatic rings. The Morgan fingerprint density at radius 1 is 1.10 bits per heavy atom. The van der Waals surface area contributed by atoms with E-state index < -0.39 is 0 Å². The van der Waals surface area contributed by atoms with Gasteiger partial charge in [0.2, 0.25) is 0 Å². The molecule has 1 N–H and O–H groups in total. The molecule has 1 aliphatic rings. The van der Waals surface area contributed by atoms with Crippen LogP contribution in [0.5, 0.6) is 0 Å². The van der Waals surface area contributed by atoms with E-state index in [1.165, 1.54) is 43.2 Å². The number of nitrogens with one attached hydrogen (secondary N) is 1. The van der Waals surface area contributed by atoms with Crippen molar-refractivity contribution in [1.29, 1.82) is 0 Å². The Bertz CT molecular complexity index is 391. The lowest BCUT2D eigenvalue weighted by Gasteiger charge is -2.34. The Kier molecular flexibility index (Phi) is 6.09. The van der Waals surface area contributed by atoms with E-state index in [9.17, 15) is 0 Å². The molecule has 0 bridgehead atoms. The first-order valence-electron chi connectivity index (χ1n) is 8.60. The molecule has 0 aromatic heterocycles. The topological polar surface area (TPSA) is 12.0 Å². The van der Waals surface area contributed by atoms with E-state index in [1.54, 1.807) is 0 Å². The van der Waals surface area contributed by atoms with Crippen LogP contribution >= 0.6 is 0 Å². The van der Waals surface area contributed by atoms with Crippen LogP contribution in [0, 0.1) is 11.8 Å². The van der Waals surface area contributed by atoms with Crippen LogP contribution in [0.4, 0.5) is 0 Å². The fourth-order valence-electron chi connectivity index (χ4n) is 3.71. The van der Waals surface area contributed by atoms with Crippen molar-refractivity contribution in [3.05, 3.63) is 35.4 Å². The first-order valence-corrected chi connectivity index (χ1v) is 8.60. The quantitative estimate of drug-likeness (QED) is 0.759. The molecule has 1 unspecified atom stereocenters. The van der Waals surface area contributed by atoms with Gasteiger partial charge in [-0.15, -0.1) is 0 Å². The zero-order valence-corrected chi connectivity index (χ0v) is 13.5. The van der Waals surface area contributed by atoms with Gasteiger partial charge < -0.3 is 5.32 Å². The van der Waals surface area contributed by atoms with E-state index in [-0.39, 0.29) is 0 Å². The Morgan fingerprint density at radius 3 is 2.45 bits per heavy atom. The zero-order chi connectivity index (χ0) is 14.4. The fraction of sp³-hybridized carbons (Fsp3) is 0.684. The highest BCUT2D eigenvalue weighted by Gasteiger charge is 2.27. The van der Waals surface area contributed by atoms with Crippen molar-refractivity contribution in [3.63, 3.8) is 0 Å². The van der Waals surface area contributed by atoms with E-state index >= 15 is 0 Å². The maximum absolute atomic E-state index is 3.75. The van der Waals surface area contributed by atoms with Crippen molar-refractivity contribution in [2.45, 2.75) is 65.3 Å². The first-order chi connectivity index (χ1) is 9.78. The van der Waals surface area contributed by atoms with Gasteiger partial charge in [0.05, 0.1) is 0 Å². The molecule has 1 atom stereocenters. The molecule has 0 heterocycles. The molecule has 0 spiro atoms. The Balaban J connectivity index is 2.10. The van der Waals surface area contributed by atoms with E-state index in [0.717, 1.165) is 24.8 Å². The maximum Gasteiger partial charge on any atom is 0.0348 e. The molecule has 2 rings (SSSR count). The van der Waals surface area contributed by atoms with Gasteiger partial charge in [0.15, 0.2) is 0 Å². The maximum atomic E-state index is 3.75. The highest BCUT2D eigenvalue weighted by Crippen LogP contribution is 2.38. The first kappa shape index (κ1) is 15.6. The van der Waals surface area contributed by atoms with Gasteiger partial charge in [-0.25, -0.2) is 0 Å². The average Bonchev–Trinajstić information content (AvgIpc) is 2.53. The predicted octanol–water partition coefficient (Wildman–Crippen LogP) is 5.12. The third kappa shape index (κ3) is 3.85. The summed E-state index contributed by atoms with van der Waals surface area (Å²) < 4.78 is 0. The molecule has 0 amide bonds. The summed E-state index contributed by atoms with van der Waals surface area (Å²) >= 11 is 0. The normalized spacial score (nSPS) is 24.6. The standard InChI is InChI=1S/C19H31N/c1-4-15-10-12-17(13-11-15)19(20-6-3)18-9-7-8-16(5-2)14-18/h7-9,14-15,17,19-20H,4-6,10-13H2,1-3H3. The Hall–Kier alpha value is -0.820. The zero-order valence-electron chi connectivity index (χ0n) is 13.5. The van der Waals surface area contributed by atoms with Gasteiger partial charge in [-0.3, -0.25) is 0 Å². The summed E-state index contributed by atoms with van der Waals surface area (Å²) in [7, 11) is 0. The third-order valence-electron chi connectivity index (χ3n) is 5.08. The van der Waals surface area contributed by atoms with Crippen molar-refractivity contribution in [3.8, 4) is 0 Å². The highest BCUT2D eigenvalue weighted by molar-refractivity contribution is 5.26. The minimum atomic E-state index is 0.560. The van der Waals surface area contributed by atoms with Crippen molar-refractivity contribution < 1.29 is 0 Å². The van der Waals surface area contributed by atoms with Gasteiger partial charge in [0.25, 0.3) is 0 Å². The number of benzene rings is 1. The number of hydrogen-bond acceptors (Lipinski definition) is 1. The molecule has 0 aliphatic heterocycles. The molecule has 1 saturated carbocycles. The van der Waals surface area contributed by atoms with E-state index in [0.29, 0.717) is 6.04 Å². The Labute approximate surface area is 125 Å². The van der Waals surface area contributed by atoms with Crippen LogP contribution in [0.15, 0.2) is 24.3 Å². The molecule has 1 heteroatoms. The summed E-state index contributed by atoms with van der Waals surface area (Å²) in [6.07, 6.45) is 8.14. The van der Waals surface area contributed by atoms with Crippen LogP contribution < -0.4 is 5.32 Å². The van der Waals surface area contributed by atoms with Gasteiger partial charge in [0, 0.05) is 6.04 Å². The molecule has 0 saturated heterocycles. The molecule has 1 aliphatic carbocycles. The second-order valence-corrected chi connectivity index (χ2v) is 6.32. The van der Waals surface area contributed by atoms with E-state index in [1.807, 2.05) is 0 Å². The van der Waals surface area contributed by atoms with E-state index in [2.05, 4.69) is 50.4 Å². The van der Waals surface area contributed by atoms with Gasteiger partial charge in [-0.2, -0.15) is 0 Å². The summed E-state index contributed by atoms with van der Waals surface area (Å²) in [5.41, 5.74) is 2.97. The summed E-state index contributed by atoms with van der Waals surface area (Å²) in [5.74, 6) is 1.81. The SMILES string of the molecule is CCNC(c1cccc(CC)c1)C1CCC(CC)CC1. The van der Waals surface area contributed by atoms with Crippen molar-refractivity contribution >= 4 is 0 Å². The minimum absolute atomic E-state index is 0.560. The summed E-state index contributed by atoms with van der Waals surface area (Å²) in [4.78, 5) is 0. The lowest BCUT2D eigenvalue weighted by atomic mass is 9.76. The monoisotopic (exact) mass is 273 g/mol. The van der Waals surface area contributed by atoms with Crippen LogP contribution in [-0.4, -0.2) is 6.54 Å². The van der Waals surface area contributed by atoms with Gasteiger partial charge >= 0.3 is 0 Å². The molecule has 0 radical (unpaired) electrons. The number of aryl methyl sites for hydroxylation is 1. The number of rotatable bonds is 6. The van der Waals surface area contributed by atoms with Crippen molar-refractivity contribution in [2.24, 2.45) is 11.8 Å². The molecule has 1 aromatic carbocycles. The summed E-state index contributed by atoms with van der Waals surface area (Å²) in [6, 6.07) is 9.78. The van der Waals surface area contributed by atoms with Crippen LogP contribution in [-0.2, 0) is 6.42 Å². The molecular formula is C19H31N. The third-order valence-corrected chi connectivity index (χ3v) is 5.08. The van der Waals surface area contributed by atoms with Gasteiger partial charge in [0.1, 0.15) is 0 Å². The van der Waals surface area contributed by atoms with Crippen LogP contribution in [0.1, 0.15) is 70.0 Å². The highest BCUT2D eigenvalue weighted by atomic mass is 14.9. The lowest BCUT2D eigenvalue weighted by Crippen LogP contribution is -2.31. The van der Waals surface area contributed by atoms with E-state index in [4.69, 9.17) is 0 Å². The lowest BCUT2D eigenvalue weighted by molar-refractivity contribution is 0.220. The van der Waals surface area contributed by atoms with Crippen LogP contribution in [0.25, 0.3) is 0 Å². The van der Waals surface area contributed by atoms with Crippen molar-refractivity contribution in [2.75, 3.05) is 6.54 Å². The average molecular weight is 273 g/mol. The Morgan fingerprint density at radius 2 is 1.85 bits per heavy atom. The van der Waals surface area contributed by atoms with Gasteiger partial charge in [-0.1, -0.05) is 64.3 Å². The largest absolute Gasteiger partial charge is 0.310 e. The fourth-order valence-corrected chi connectivity index (χ4v) is 3.71. The second kappa shape index (κ2) is 7.83. The second-order valence-electron chi connectivity index (χ2n) is 6.32. The smallest absolute Gasteiger partial charge is 0.0348 e. The predicted molar refractivity (Wildman–Crippen MR) is 88.0 cm³/mol. The molecule has 1 fully saturated rings. The molecule has 20 heavy (non-hydrogen) atoms. The molecular weight excluding hydrogens is 242 g/mol. The molecule has 1 nitrogen and oxygen atoms in total. The summed E-state index contributed by atoms with van der Waals surface area (Å²) in [6.45, 7) is 7.88. The number of hydrogen-bond donors (Lipinski definition) is 1. The minimum Gasteiger partial charge on any atom is -0.310 e.